The van der Waals surface area contributed by atoms with Gasteiger partial charge in [0.05, 0.1) is 0 Å². The van der Waals surface area contributed by atoms with Crippen LogP contribution in [0.25, 0.3) is 43.1 Å². The van der Waals surface area contributed by atoms with E-state index < -0.39 is 0 Å². The van der Waals surface area contributed by atoms with E-state index in [1.807, 2.05) is 0 Å². The third kappa shape index (κ3) is 8.88. The molecule has 1 radical (unpaired) electrons. The molecule has 0 unspecified atom stereocenters. The van der Waals surface area contributed by atoms with Crippen LogP contribution in [0.4, 0.5) is 0 Å². The van der Waals surface area contributed by atoms with Crippen molar-refractivity contribution in [2.75, 3.05) is 13.0 Å². The van der Waals surface area contributed by atoms with Gasteiger partial charge in [-0.1, -0.05) is 142 Å². The lowest BCUT2D eigenvalue weighted by Gasteiger charge is -2.02. The van der Waals surface area contributed by atoms with Crippen LogP contribution in [0, 0.1) is 0 Å². The molecule has 0 aliphatic rings. The largest absolute Gasteiger partial charge is 0.485 e. The van der Waals surface area contributed by atoms with Gasteiger partial charge < -0.3 is 9.68 Å². The van der Waals surface area contributed by atoms with Gasteiger partial charge in [0.25, 0.3) is 0 Å². The highest BCUT2D eigenvalue weighted by Gasteiger charge is 1.98. The maximum atomic E-state index is 7.72. The van der Waals surface area contributed by atoms with Crippen molar-refractivity contribution < 1.29 is 9.68 Å². The highest BCUT2D eigenvalue weighted by Crippen LogP contribution is 2.25. The molecule has 0 fully saturated rings. The summed E-state index contributed by atoms with van der Waals surface area (Å²) in [6.45, 7) is 6.59. The molecule has 0 spiro atoms. The van der Waals surface area contributed by atoms with Crippen LogP contribution in [0.5, 0.6) is 0 Å². The summed E-state index contributed by atoms with van der Waals surface area (Å²) in [6.07, 6.45) is 2.72. The lowest BCUT2D eigenvalue weighted by atomic mass is 10.0. The van der Waals surface area contributed by atoms with Gasteiger partial charge in [0.2, 0.25) is 0 Å². The zero-order chi connectivity index (χ0) is 27.6. The van der Waals surface area contributed by atoms with Crippen LogP contribution < -0.4 is 0 Å². The van der Waals surface area contributed by atoms with Crippen LogP contribution in [0.1, 0.15) is 27.2 Å². The van der Waals surface area contributed by atoms with E-state index in [0.29, 0.717) is 14.3 Å². The molecule has 1 N–H and O–H groups in total. The van der Waals surface area contributed by atoms with Crippen molar-refractivity contribution in [2.45, 2.75) is 27.2 Å². The molecule has 0 saturated carbocycles. The van der Waals surface area contributed by atoms with Gasteiger partial charge in [-0.25, -0.2) is 0 Å². The second kappa shape index (κ2) is 18.0. The Morgan fingerprint density at radius 2 is 0.737 bits per heavy atom. The molecule has 0 saturated heterocycles. The molecule has 0 aromatic heterocycles. The van der Waals surface area contributed by atoms with Crippen LogP contribution in [-0.4, -0.2) is 25.7 Å². The fraction of sp³-hybridized carbons (Fsp3) is 0.176. The van der Waals surface area contributed by atoms with Gasteiger partial charge in [0.15, 0.2) is 0 Å². The third-order valence-corrected chi connectivity index (χ3v) is 5.55. The number of benzene rings is 6. The number of fused-ring (bicyclic) bond motifs is 6. The molecule has 6 rings (SSSR count). The minimum Gasteiger partial charge on any atom is -0.429 e. The number of alkyl halides is 1. The van der Waals surface area contributed by atoms with Gasteiger partial charge in [0, 0.05) is 13.0 Å². The lowest BCUT2D eigenvalue weighted by Crippen LogP contribution is -1.93. The summed E-state index contributed by atoms with van der Waals surface area (Å²) < 4.78 is 4.26. The SMILES string of the molecule is CCC.CCO[B]O.CCl.c1ccc2c(c1)ccc1ccccc12.c1ccc2c(c1)ccc1ccccc12. The van der Waals surface area contributed by atoms with Crippen LogP contribution in [0.3, 0.4) is 0 Å². The predicted octanol–water partition coefficient (Wildman–Crippen LogP) is 9.81. The molecule has 38 heavy (non-hydrogen) atoms. The standard InChI is InChI=1S/2C14H10.C3H8.C2H6BO2.CH3Cl/c2*1-3-7-13-11(5-1)9-10-12-6-2-4-8-14(12)13;1-3-2;1-2-5-3-4;1-2/h2*1-10H;3H2,1-2H3;4H,2H2,1H3;1H3. The molecule has 4 heteroatoms. The second-order valence-corrected chi connectivity index (χ2v) is 8.28. The van der Waals surface area contributed by atoms with Crippen molar-refractivity contribution in [3.05, 3.63) is 121 Å². The average Bonchev–Trinajstić information content (AvgIpc) is 2.99. The van der Waals surface area contributed by atoms with Gasteiger partial charge in [0.1, 0.15) is 0 Å². The Balaban J connectivity index is 0.000000200. The molecular formula is C34H37BClO2. The molecule has 0 heterocycles. The van der Waals surface area contributed by atoms with E-state index in [4.69, 9.17) is 5.02 Å². The highest BCUT2D eigenvalue weighted by molar-refractivity contribution is 6.15. The average molecular weight is 524 g/mol. The molecule has 6 aromatic rings. The normalized spacial score (nSPS) is 9.63. The first-order valence-electron chi connectivity index (χ1n) is 12.9. The molecule has 0 atom stereocenters. The summed E-state index contributed by atoms with van der Waals surface area (Å²) in [7, 11) is 0.681. The Kier molecular flexibility index (Phi) is 14.6. The first kappa shape index (κ1) is 30.9. The van der Waals surface area contributed by atoms with E-state index in [0.717, 1.165) is 0 Å². The number of halogens is 1. The summed E-state index contributed by atoms with van der Waals surface area (Å²) in [5, 5.41) is 18.3. The Bertz CT molecular complexity index is 1280. The van der Waals surface area contributed by atoms with Gasteiger partial charge in [-0.15, -0.1) is 11.6 Å². The zero-order valence-electron chi connectivity index (χ0n) is 22.8. The topological polar surface area (TPSA) is 29.5 Å². The minimum atomic E-state index is 0.538. The summed E-state index contributed by atoms with van der Waals surface area (Å²) in [5.41, 5.74) is 0. The molecular weight excluding hydrogens is 487 g/mol. The fourth-order valence-electron chi connectivity index (χ4n) is 3.98. The summed E-state index contributed by atoms with van der Waals surface area (Å²) in [5.74, 6) is 0. The molecule has 0 amide bonds. The molecule has 6 aromatic carbocycles. The summed E-state index contributed by atoms with van der Waals surface area (Å²) >= 11 is 4.64. The molecule has 0 aliphatic heterocycles. The van der Waals surface area contributed by atoms with Gasteiger partial charge >= 0.3 is 7.69 Å². The summed E-state index contributed by atoms with van der Waals surface area (Å²) in [6, 6.07) is 42.7. The first-order valence-corrected chi connectivity index (χ1v) is 13.7. The van der Waals surface area contributed by atoms with Crippen molar-refractivity contribution in [2.24, 2.45) is 0 Å². The zero-order valence-corrected chi connectivity index (χ0v) is 23.5. The molecule has 0 bridgehead atoms. The Morgan fingerprint density at radius 3 is 0.921 bits per heavy atom. The Morgan fingerprint density at radius 1 is 0.500 bits per heavy atom. The van der Waals surface area contributed by atoms with Gasteiger partial charge in [-0.05, 0) is 50.0 Å². The molecule has 2 nitrogen and oxygen atoms in total. The smallest absolute Gasteiger partial charge is 0.429 e. The van der Waals surface area contributed by atoms with E-state index in [1.54, 1.807) is 6.92 Å². The second-order valence-electron chi connectivity index (χ2n) is 8.28. The fourth-order valence-corrected chi connectivity index (χ4v) is 3.98. The number of hydrogen-bond donors (Lipinski definition) is 1. The quantitative estimate of drug-likeness (QED) is 0.139. The maximum Gasteiger partial charge on any atom is 0.485 e. The van der Waals surface area contributed by atoms with Crippen molar-refractivity contribution in [3.63, 3.8) is 0 Å². The number of rotatable bonds is 2. The lowest BCUT2D eigenvalue weighted by molar-refractivity contribution is 0.302. The molecule has 195 valence electrons. The first-order chi connectivity index (χ1) is 18.7. The van der Waals surface area contributed by atoms with E-state index in [2.05, 4.69) is 151 Å². The van der Waals surface area contributed by atoms with Crippen LogP contribution in [0.15, 0.2) is 121 Å². The Labute approximate surface area is 233 Å². The van der Waals surface area contributed by atoms with E-state index >= 15 is 0 Å². The Hall–Kier alpha value is -3.37. The van der Waals surface area contributed by atoms with E-state index in [-0.39, 0.29) is 0 Å². The van der Waals surface area contributed by atoms with Crippen molar-refractivity contribution >= 4 is 62.4 Å². The monoisotopic (exact) mass is 523 g/mol. The molecule has 0 aliphatic carbocycles. The van der Waals surface area contributed by atoms with Crippen LogP contribution >= 0.6 is 11.6 Å². The van der Waals surface area contributed by atoms with Crippen LogP contribution in [0.2, 0.25) is 0 Å². The van der Waals surface area contributed by atoms with Gasteiger partial charge in [-0.2, -0.15) is 0 Å². The maximum absolute atomic E-state index is 7.72. The van der Waals surface area contributed by atoms with E-state index in [9.17, 15) is 0 Å². The highest BCUT2D eigenvalue weighted by atomic mass is 35.5. The third-order valence-electron chi connectivity index (χ3n) is 5.55. The van der Waals surface area contributed by atoms with Crippen molar-refractivity contribution in [1.29, 1.82) is 0 Å². The van der Waals surface area contributed by atoms with Crippen LogP contribution in [-0.2, 0) is 4.65 Å². The minimum absolute atomic E-state index is 0.538. The number of hydrogen-bond acceptors (Lipinski definition) is 2. The van der Waals surface area contributed by atoms with E-state index in [1.165, 1.54) is 55.9 Å². The summed E-state index contributed by atoms with van der Waals surface area (Å²) in [4.78, 5) is 0. The van der Waals surface area contributed by atoms with Crippen molar-refractivity contribution in [3.8, 4) is 0 Å². The predicted molar refractivity (Wildman–Crippen MR) is 170 cm³/mol. The van der Waals surface area contributed by atoms with Gasteiger partial charge in [-0.3, -0.25) is 0 Å². The van der Waals surface area contributed by atoms with Crippen molar-refractivity contribution in [1.82, 2.24) is 0 Å².